The minimum atomic E-state index is -4.63. The highest BCUT2D eigenvalue weighted by molar-refractivity contribution is 5.94. The second-order valence-electron chi connectivity index (χ2n) is 9.06. The van der Waals surface area contributed by atoms with Crippen molar-refractivity contribution in [2.45, 2.75) is 39.0 Å². The molecule has 0 saturated carbocycles. The summed E-state index contributed by atoms with van der Waals surface area (Å²) in [6.07, 6.45) is -2.89. The Morgan fingerprint density at radius 2 is 1.79 bits per heavy atom. The van der Waals surface area contributed by atoms with Gasteiger partial charge in [0.15, 0.2) is 5.82 Å². The Bertz CT molecular complexity index is 1200. The first kappa shape index (κ1) is 23.2. The van der Waals surface area contributed by atoms with E-state index >= 15 is 0 Å². The fraction of sp³-hybridized carbons (Fsp3) is 0.435. The fourth-order valence-electron chi connectivity index (χ4n) is 4.08. The van der Waals surface area contributed by atoms with Crippen LogP contribution in [-0.2, 0) is 12.7 Å². The molecule has 0 atom stereocenters. The molecule has 1 N–H and O–H groups in total. The summed E-state index contributed by atoms with van der Waals surface area (Å²) in [6, 6.07) is 3.54. The molecule has 1 fully saturated rings. The highest BCUT2D eigenvalue weighted by atomic mass is 19.4. The fourth-order valence-corrected chi connectivity index (χ4v) is 4.08. The van der Waals surface area contributed by atoms with Gasteiger partial charge in [0.1, 0.15) is 11.6 Å². The number of fused-ring (bicyclic) bond motifs is 1. The maximum absolute atomic E-state index is 13.9. The maximum atomic E-state index is 13.9. The molecule has 0 aliphatic carbocycles. The first-order chi connectivity index (χ1) is 15.4. The number of hydrogen-bond donors (Lipinski definition) is 1. The van der Waals surface area contributed by atoms with Gasteiger partial charge < -0.3 is 15.1 Å². The second-order valence-corrected chi connectivity index (χ2v) is 9.06. The molecular weight excluding hydrogens is 436 g/mol. The third-order valence-electron chi connectivity index (χ3n) is 6.53. The van der Waals surface area contributed by atoms with Gasteiger partial charge in [-0.2, -0.15) is 18.3 Å². The quantitative estimate of drug-likeness (QED) is 0.562. The summed E-state index contributed by atoms with van der Waals surface area (Å²) in [5, 5.41) is 13.0. The first-order valence-electron chi connectivity index (χ1n) is 10.5. The number of nitrogens with zero attached hydrogens (tertiary/aromatic N) is 5. The molecule has 1 aliphatic rings. The topological polar surface area (TPSA) is 57.2 Å². The number of hydrogen-bond acceptors (Lipinski definition) is 6. The van der Waals surface area contributed by atoms with Gasteiger partial charge in [-0.1, -0.05) is 0 Å². The van der Waals surface area contributed by atoms with E-state index in [9.17, 15) is 17.6 Å². The lowest BCUT2D eigenvalue weighted by Crippen LogP contribution is -2.67. The molecule has 0 spiro atoms. The van der Waals surface area contributed by atoms with E-state index in [0.717, 1.165) is 35.7 Å². The number of benzene rings is 1. The van der Waals surface area contributed by atoms with Crippen molar-refractivity contribution in [2.24, 2.45) is 0 Å². The number of aromatic nitrogens is 3. The van der Waals surface area contributed by atoms with Crippen molar-refractivity contribution in [1.82, 2.24) is 20.1 Å². The minimum absolute atomic E-state index is 0.0216. The van der Waals surface area contributed by atoms with Crippen molar-refractivity contribution in [1.29, 1.82) is 0 Å². The molecule has 0 amide bonds. The predicted octanol–water partition coefficient (Wildman–Crippen LogP) is 4.55. The summed E-state index contributed by atoms with van der Waals surface area (Å²) in [4.78, 5) is 8.92. The standard InChI is InChI=1S/C23H26F4N6/c1-13-15(6-16(24)7-19(13)23(25,26)27)9-29-21-17-8-20(28-10-18(17)14(2)30-31-21)33-11-22(3,12-33)32(4)5/h6-8,10H,9,11-12H2,1-5H3,(H,29,31). The predicted molar refractivity (Wildman–Crippen MR) is 120 cm³/mol. The zero-order chi connectivity index (χ0) is 24.1. The molecule has 2 aromatic heterocycles. The molecule has 0 bridgehead atoms. The molecule has 1 aliphatic heterocycles. The van der Waals surface area contributed by atoms with Crippen molar-refractivity contribution < 1.29 is 17.6 Å². The highest BCUT2D eigenvalue weighted by Gasteiger charge is 2.41. The van der Waals surface area contributed by atoms with Crippen LogP contribution in [0.4, 0.5) is 29.2 Å². The average Bonchev–Trinajstić information content (AvgIpc) is 2.71. The first-order valence-corrected chi connectivity index (χ1v) is 10.5. The molecule has 33 heavy (non-hydrogen) atoms. The van der Waals surface area contributed by atoms with Crippen molar-refractivity contribution in [3.8, 4) is 0 Å². The van der Waals surface area contributed by atoms with Crippen LogP contribution < -0.4 is 10.2 Å². The summed E-state index contributed by atoms with van der Waals surface area (Å²) in [5.74, 6) is 0.267. The molecule has 3 aromatic rings. The van der Waals surface area contributed by atoms with Gasteiger partial charge in [-0.25, -0.2) is 9.37 Å². The Labute approximate surface area is 189 Å². The molecule has 1 saturated heterocycles. The van der Waals surface area contributed by atoms with E-state index in [1.54, 1.807) is 6.20 Å². The number of anilines is 2. The monoisotopic (exact) mass is 462 g/mol. The van der Waals surface area contributed by atoms with Gasteiger partial charge >= 0.3 is 6.18 Å². The molecule has 4 rings (SSSR count). The summed E-state index contributed by atoms with van der Waals surface area (Å²) in [7, 11) is 4.09. The van der Waals surface area contributed by atoms with Crippen molar-refractivity contribution in [2.75, 3.05) is 37.4 Å². The molecule has 10 heteroatoms. The van der Waals surface area contributed by atoms with Gasteiger partial charge in [0.25, 0.3) is 0 Å². The van der Waals surface area contributed by atoms with Gasteiger partial charge in [0, 0.05) is 36.6 Å². The zero-order valence-corrected chi connectivity index (χ0v) is 19.2. The van der Waals surface area contributed by atoms with E-state index in [1.165, 1.54) is 6.92 Å². The largest absolute Gasteiger partial charge is 0.416 e. The number of nitrogens with one attached hydrogen (secondary N) is 1. The molecular formula is C23H26F4N6. The van der Waals surface area contributed by atoms with Crippen LogP contribution in [0.5, 0.6) is 0 Å². The normalized spacial score (nSPS) is 15.8. The lowest BCUT2D eigenvalue weighted by Gasteiger charge is -2.52. The Hall–Kier alpha value is -3.01. The number of likely N-dealkylation sites (N-methyl/N-ethyl adjacent to an activating group) is 1. The third kappa shape index (κ3) is 4.31. The van der Waals surface area contributed by atoms with E-state index in [2.05, 4.69) is 37.2 Å². The zero-order valence-electron chi connectivity index (χ0n) is 19.2. The SMILES string of the molecule is Cc1c(CNc2nnc(C)c3cnc(N4CC(C)(N(C)C)C4)cc23)cc(F)cc1C(F)(F)F. The highest BCUT2D eigenvalue weighted by Crippen LogP contribution is 2.35. The van der Waals surface area contributed by atoms with Crippen LogP contribution in [0.2, 0.25) is 0 Å². The van der Waals surface area contributed by atoms with Crippen LogP contribution in [0.1, 0.15) is 29.3 Å². The van der Waals surface area contributed by atoms with Crippen LogP contribution in [0.15, 0.2) is 24.4 Å². The molecule has 3 heterocycles. The Morgan fingerprint density at radius 1 is 1.09 bits per heavy atom. The minimum Gasteiger partial charge on any atom is -0.364 e. The number of halogens is 4. The molecule has 176 valence electrons. The Kier molecular flexibility index (Phi) is 5.68. The smallest absolute Gasteiger partial charge is 0.364 e. The third-order valence-corrected chi connectivity index (χ3v) is 6.53. The van der Waals surface area contributed by atoms with E-state index < -0.39 is 17.6 Å². The van der Waals surface area contributed by atoms with E-state index in [4.69, 9.17) is 0 Å². The summed E-state index contributed by atoms with van der Waals surface area (Å²) < 4.78 is 53.7. The molecule has 1 aromatic carbocycles. The molecule has 6 nitrogen and oxygen atoms in total. The van der Waals surface area contributed by atoms with Crippen LogP contribution in [-0.4, -0.2) is 52.8 Å². The molecule has 0 radical (unpaired) electrons. The van der Waals surface area contributed by atoms with Gasteiger partial charge in [-0.15, -0.1) is 5.10 Å². The van der Waals surface area contributed by atoms with Gasteiger partial charge in [-0.05, 0) is 64.2 Å². The van der Waals surface area contributed by atoms with E-state index in [-0.39, 0.29) is 23.2 Å². The number of rotatable bonds is 5. The van der Waals surface area contributed by atoms with Crippen LogP contribution >= 0.6 is 0 Å². The van der Waals surface area contributed by atoms with Crippen LogP contribution in [0.25, 0.3) is 10.8 Å². The lowest BCUT2D eigenvalue weighted by atomic mass is 9.91. The van der Waals surface area contributed by atoms with Gasteiger partial charge in [-0.3, -0.25) is 0 Å². The van der Waals surface area contributed by atoms with Gasteiger partial charge in [0.05, 0.1) is 16.8 Å². The van der Waals surface area contributed by atoms with Crippen molar-refractivity contribution >= 4 is 22.4 Å². The summed E-state index contributed by atoms with van der Waals surface area (Å²) in [6.45, 7) is 6.96. The van der Waals surface area contributed by atoms with Crippen LogP contribution in [0, 0.1) is 19.7 Å². The molecule has 0 unspecified atom stereocenters. The van der Waals surface area contributed by atoms with E-state index in [0.29, 0.717) is 17.6 Å². The summed E-state index contributed by atoms with van der Waals surface area (Å²) >= 11 is 0. The van der Waals surface area contributed by atoms with Crippen molar-refractivity contribution in [3.63, 3.8) is 0 Å². The summed E-state index contributed by atoms with van der Waals surface area (Å²) in [5.41, 5.74) is -0.0387. The number of aryl methyl sites for hydroxylation is 1. The maximum Gasteiger partial charge on any atom is 0.416 e. The second kappa shape index (κ2) is 8.09. The Balaban J connectivity index is 1.64. The van der Waals surface area contributed by atoms with E-state index in [1.807, 2.05) is 27.1 Å². The average molecular weight is 462 g/mol. The lowest BCUT2D eigenvalue weighted by molar-refractivity contribution is -0.138. The van der Waals surface area contributed by atoms with Crippen LogP contribution in [0.3, 0.4) is 0 Å². The van der Waals surface area contributed by atoms with Gasteiger partial charge in [0.2, 0.25) is 0 Å². The number of alkyl halides is 3. The Morgan fingerprint density at radius 3 is 2.42 bits per heavy atom. The number of pyridine rings is 1. The van der Waals surface area contributed by atoms with Crippen molar-refractivity contribution in [3.05, 3.63) is 52.6 Å².